The van der Waals surface area contributed by atoms with Gasteiger partial charge < -0.3 is 14.3 Å². The molecule has 0 radical (unpaired) electrons. The minimum atomic E-state index is -0.987. The predicted molar refractivity (Wildman–Crippen MR) is 79.9 cm³/mol. The Labute approximate surface area is 125 Å². The number of benzene rings is 2. The van der Waals surface area contributed by atoms with Crippen LogP contribution in [0.5, 0.6) is 5.75 Å². The maximum absolute atomic E-state index is 10.6. The molecule has 0 aliphatic heterocycles. The molecule has 22 heavy (non-hydrogen) atoms. The highest BCUT2D eigenvalue weighted by Gasteiger charge is 2.17. The Morgan fingerprint density at radius 3 is 2.55 bits per heavy atom. The largest absolute Gasteiger partial charge is 0.497 e. The van der Waals surface area contributed by atoms with Gasteiger partial charge in [-0.1, -0.05) is 0 Å². The Kier molecular flexibility index (Phi) is 3.52. The zero-order chi connectivity index (χ0) is 15.7. The van der Waals surface area contributed by atoms with Gasteiger partial charge in [0.2, 0.25) is 0 Å². The lowest BCUT2D eigenvalue weighted by Gasteiger charge is -2.07. The van der Waals surface area contributed by atoms with E-state index in [-0.39, 0.29) is 5.69 Å². The molecule has 0 fully saturated rings. The summed E-state index contributed by atoms with van der Waals surface area (Å²) in [6.45, 7) is 0. The molecule has 1 heterocycles. The lowest BCUT2D eigenvalue weighted by atomic mass is 10.1. The SMILES string of the molecule is COc1ccc2cc(C(O)c3ccc([N+](=O)[O-])cc3)oc2c1. The van der Waals surface area contributed by atoms with Crippen LogP contribution in [-0.4, -0.2) is 17.1 Å². The van der Waals surface area contributed by atoms with Crippen LogP contribution in [0.2, 0.25) is 0 Å². The number of furan rings is 1. The van der Waals surface area contributed by atoms with Crippen LogP contribution < -0.4 is 4.74 Å². The second-order valence-electron chi connectivity index (χ2n) is 4.80. The first-order chi connectivity index (χ1) is 10.6. The fraction of sp³-hybridized carbons (Fsp3) is 0.125. The monoisotopic (exact) mass is 299 g/mol. The molecule has 0 amide bonds. The molecular formula is C16H13NO5. The van der Waals surface area contributed by atoms with Crippen molar-refractivity contribution < 1.29 is 19.2 Å². The van der Waals surface area contributed by atoms with E-state index in [0.29, 0.717) is 22.7 Å². The van der Waals surface area contributed by atoms with Crippen molar-refractivity contribution in [1.29, 1.82) is 0 Å². The molecule has 1 aromatic heterocycles. The maximum atomic E-state index is 10.6. The van der Waals surface area contributed by atoms with Crippen molar-refractivity contribution >= 4 is 16.7 Å². The molecule has 0 spiro atoms. The smallest absolute Gasteiger partial charge is 0.269 e. The van der Waals surface area contributed by atoms with Crippen LogP contribution in [-0.2, 0) is 0 Å². The first-order valence-electron chi connectivity index (χ1n) is 6.58. The third-order valence-corrected chi connectivity index (χ3v) is 3.44. The Balaban J connectivity index is 1.93. The molecule has 0 bridgehead atoms. The summed E-state index contributed by atoms with van der Waals surface area (Å²) in [7, 11) is 1.57. The van der Waals surface area contributed by atoms with Gasteiger partial charge in [-0.25, -0.2) is 0 Å². The molecule has 6 nitrogen and oxygen atoms in total. The number of hydrogen-bond acceptors (Lipinski definition) is 5. The van der Waals surface area contributed by atoms with Crippen molar-refractivity contribution in [1.82, 2.24) is 0 Å². The first-order valence-corrected chi connectivity index (χ1v) is 6.58. The van der Waals surface area contributed by atoms with Crippen molar-refractivity contribution in [2.75, 3.05) is 7.11 Å². The van der Waals surface area contributed by atoms with E-state index >= 15 is 0 Å². The first kappa shape index (κ1) is 14.1. The van der Waals surface area contributed by atoms with E-state index in [1.54, 1.807) is 25.3 Å². The van der Waals surface area contributed by atoms with Gasteiger partial charge in [0.25, 0.3) is 5.69 Å². The number of aliphatic hydroxyl groups excluding tert-OH is 1. The van der Waals surface area contributed by atoms with E-state index in [1.165, 1.54) is 24.3 Å². The van der Waals surface area contributed by atoms with Crippen LogP contribution in [0, 0.1) is 10.1 Å². The van der Waals surface area contributed by atoms with Crippen molar-refractivity contribution in [2.45, 2.75) is 6.10 Å². The topological polar surface area (TPSA) is 85.7 Å². The highest BCUT2D eigenvalue weighted by molar-refractivity contribution is 5.79. The molecule has 0 aliphatic carbocycles. The quantitative estimate of drug-likeness (QED) is 0.589. The Morgan fingerprint density at radius 2 is 1.91 bits per heavy atom. The number of nitro groups is 1. The van der Waals surface area contributed by atoms with Crippen molar-refractivity contribution in [3.8, 4) is 5.75 Å². The zero-order valence-electron chi connectivity index (χ0n) is 11.7. The normalized spacial score (nSPS) is 12.3. The minimum absolute atomic E-state index is 0.0229. The summed E-state index contributed by atoms with van der Waals surface area (Å²) in [5, 5.41) is 21.8. The number of aliphatic hydroxyl groups is 1. The molecule has 112 valence electrons. The van der Waals surface area contributed by atoms with Crippen LogP contribution in [0.15, 0.2) is 52.9 Å². The van der Waals surface area contributed by atoms with Crippen LogP contribution >= 0.6 is 0 Å². The summed E-state index contributed by atoms with van der Waals surface area (Å²) >= 11 is 0. The molecular weight excluding hydrogens is 286 g/mol. The highest BCUT2D eigenvalue weighted by Crippen LogP contribution is 2.30. The molecule has 3 aromatic rings. The molecule has 1 atom stereocenters. The number of non-ortho nitro benzene ring substituents is 1. The second-order valence-corrected chi connectivity index (χ2v) is 4.80. The van der Waals surface area contributed by atoms with E-state index < -0.39 is 11.0 Å². The highest BCUT2D eigenvalue weighted by atomic mass is 16.6. The summed E-state index contributed by atoms with van der Waals surface area (Å²) in [6.07, 6.45) is -0.987. The van der Waals surface area contributed by atoms with Gasteiger partial charge in [0.1, 0.15) is 23.2 Å². The van der Waals surface area contributed by atoms with E-state index in [9.17, 15) is 15.2 Å². The Bertz CT molecular complexity index is 822. The van der Waals surface area contributed by atoms with E-state index in [0.717, 1.165) is 5.39 Å². The number of hydrogen-bond donors (Lipinski definition) is 1. The summed E-state index contributed by atoms with van der Waals surface area (Å²) in [5.74, 6) is 1.04. The number of nitro benzene ring substituents is 1. The van der Waals surface area contributed by atoms with Crippen LogP contribution in [0.4, 0.5) is 5.69 Å². The van der Waals surface area contributed by atoms with Gasteiger partial charge in [-0.3, -0.25) is 10.1 Å². The molecule has 0 saturated heterocycles. The van der Waals surface area contributed by atoms with E-state index in [2.05, 4.69) is 0 Å². The number of ether oxygens (including phenoxy) is 1. The van der Waals surface area contributed by atoms with Gasteiger partial charge in [0, 0.05) is 23.6 Å². The standard InChI is InChI=1S/C16H13NO5/c1-21-13-7-4-11-8-15(22-14(11)9-13)16(18)10-2-5-12(6-3-10)17(19)20/h2-9,16,18H,1H3. The average Bonchev–Trinajstić information content (AvgIpc) is 2.97. The maximum Gasteiger partial charge on any atom is 0.269 e. The number of fused-ring (bicyclic) bond motifs is 1. The van der Waals surface area contributed by atoms with Crippen molar-refractivity contribution in [2.24, 2.45) is 0 Å². The molecule has 1 N–H and O–H groups in total. The van der Waals surface area contributed by atoms with Gasteiger partial charge in [0.15, 0.2) is 0 Å². The van der Waals surface area contributed by atoms with E-state index in [4.69, 9.17) is 9.15 Å². The van der Waals surface area contributed by atoms with Gasteiger partial charge in [0.05, 0.1) is 12.0 Å². The number of rotatable bonds is 4. The number of nitrogens with zero attached hydrogens (tertiary/aromatic N) is 1. The van der Waals surface area contributed by atoms with Gasteiger partial charge in [-0.05, 0) is 35.9 Å². The van der Waals surface area contributed by atoms with Gasteiger partial charge >= 0.3 is 0 Å². The van der Waals surface area contributed by atoms with Gasteiger partial charge in [-0.15, -0.1) is 0 Å². The van der Waals surface area contributed by atoms with E-state index in [1.807, 2.05) is 6.07 Å². The third kappa shape index (κ3) is 2.51. The molecule has 6 heteroatoms. The van der Waals surface area contributed by atoms with Crippen molar-refractivity contribution in [3.05, 3.63) is 70.0 Å². The summed E-state index contributed by atoms with van der Waals surface area (Å²) in [6, 6.07) is 12.8. The molecule has 3 rings (SSSR count). The lowest BCUT2D eigenvalue weighted by Crippen LogP contribution is -1.98. The molecule has 0 saturated carbocycles. The van der Waals surface area contributed by atoms with Crippen LogP contribution in [0.25, 0.3) is 11.0 Å². The fourth-order valence-corrected chi connectivity index (χ4v) is 2.24. The minimum Gasteiger partial charge on any atom is -0.497 e. The average molecular weight is 299 g/mol. The summed E-state index contributed by atoms with van der Waals surface area (Å²) in [4.78, 5) is 10.2. The predicted octanol–water partition coefficient (Wildman–Crippen LogP) is 3.43. The fourth-order valence-electron chi connectivity index (χ4n) is 2.24. The molecule has 1 unspecified atom stereocenters. The van der Waals surface area contributed by atoms with Crippen LogP contribution in [0.1, 0.15) is 17.4 Å². The zero-order valence-corrected chi connectivity index (χ0v) is 11.7. The summed E-state index contributed by atoms with van der Waals surface area (Å²) in [5.41, 5.74) is 1.11. The van der Waals surface area contributed by atoms with Crippen molar-refractivity contribution in [3.63, 3.8) is 0 Å². The van der Waals surface area contributed by atoms with Gasteiger partial charge in [-0.2, -0.15) is 0 Å². The summed E-state index contributed by atoms with van der Waals surface area (Å²) < 4.78 is 10.8. The third-order valence-electron chi connectivity index (χ3n) is 3.44. The van der Waals surface area contributed by atoms with Crippen LogP contribution in [0.3, 0.4) is 0 Å². The molecule has 2 aromatic carbocycles. The lowest BCUT2D eigenvalue weighted by molar-refractivity contribution is -0.384. The molecule has 0 aliphatic rings. The second kappa shape index (κ2) is 5.50. The Morgan fingerprint density at radius 1 is 1.18 bits per heavy atom. The number of methoxy groups -OCH3 is 1. The Hall–Kier alpha value is -2.86.